The molecule has 0 bridgehead atoms. The molecule has 9 heteroatoms. The summed E-state index contributed by atoms with van der Waals surface area (Å²) in [5, 5.41) is 2.56. The molecule has 1 aliphatic rings. The van der Waals surface area contributed by atoms with Crippen LogP contribution in [0.25, 0.3) is 0 Å². The van der Waals surface area contributed by atoms with Gasteiger partial charge in [0, 0.05) is 13.1 Å². The highest BCUT2D eigenvalue weighted by Gasteiger charge is 2.24. The van der Waals surface area contributed by atoms with E-state index in [0.717, 1.165) is 12.8 Å². The molecule has 0 atom stereocenters. The number of carbonyl (C=O) groups is 2. The van der Waals surface area contributed by atoms with E-state index in [1.165, 1.54) is 13.2 Å². The molecule has 0 aromatic heterocycles. The number of carbonyl (C=O) groups excluding carboxylic acids is 2. The van der Waals surface area contributed by atoms with Crippen molar-refractivity contribution in [2.24, 2.45) is 16.6 Å². The number of nitrogens with zero attached hydrogens (tertiary/aromatic N) is 2. The van der Waals surface area contributed by atoms with Crippen molar-refractivity contribution in [1.82, 2.24) is 10.2 Å². The molecule has 0 spiro atoms. The number of benzene rings is 1. The highest BCUT2D eigenvalue weighted by molar-refractivity contribution is 7.80. The van der Waals surface area contributed by atoms with Crippen LogP contribution < -0.4 is 11.1 Å². The molecule has 0 saturated carbocycles. The Balaban J connectivity index is 1.87. The maximum Gasteiger partial charge on any atom is 0.337 e. The average Bonchev–Trinajstić information content (AvgIpc) is 2.62. The van der Waals surface area contributed by atoms with Crippen molar-refractivity contribution in [2.75, 3.05) is 20.2 Å². The number of ether oxygens (including phenoxy) is 1. The number of hydrogen-bond acceptors (Lipinski definition) is 4. The van der Waals surface area contributed by atoms with E-state index in [1.807, 2.05) is 0 Å². The summed E-state index contributed by atoms with van der Waals surface area (Å²) in [6, 6.07) is 4.07. The van der Waals surface area contributed by atoms with E-state index in [4.69, 9.17) is 18.0 Å². The first-order valence-corrected chi connectivity index (χ1v) is 8.98. The number of halogens is 1. The topological polar surface area (TPSA) is 97.0 Å². The molecule has 27 heavy (non-hydrogen) atoms. The van der Waals surface area contributed by atoms with E-state index < -0.39 is 11.8 Å². The van der Waals surface area contributed by atoms with Crippen LogP contribution in [0.4, 0.5) is 9.18 Å². The minimum atomic E-state index is -0.563. The SMILES string of the molecule is COC(=O)c1ccc(CC2CCN(C(=O)NC(=S)/N=C(/C)N)CC2)c(F)c1. The molecular weight excluding hydrogens is 371 g/mol. The number of rotatable bonds is 3. The Bertz CT molecular complexity index is 757. The number of esters is 1. The van der Waals surface area contributed by atoms with Crippen molar-refractivity contribution < 1.29 is 18.7 Å². The fraction of sp³-hybridized carbons (Fsp3) is 0.444. The van der Waals surface area contributed by atoms with Gasteiger partial charge in [0.25, 0.3) is 0 Å². The largest absolute Gasteiger partial charge is 0.465 e. The Labute approximate surface area is 162 Å². The third-order valence-electron chi connectivity index (χ3n) is 4.38. The predicted molar refractivity (Wildman–Crippen MR) is 104 cm³/mol. The summed E-state index contributed by atoms with van der Waals surface area (Å²) in [4.78, 5) is 29.1. The van der Waals surface area contributed by atoms with E-state index in [9.17, 15) is 14.0 Å². The molecular formula is C18H23FN4O3S. The normalized spacial score (nSPS) is 15.4. The second kappa shape index (κ2) is 9.40. The van der Waals surface area contributed by atoms with Crippen LogP contribution in [0.15, 0.2) is 23.2 Å². The molecule has 0 radical (unpaired) electrons. The Hall–Kier alpha value is -2.55. The van der Waals surface area contributed by atoms with Gasteiger partial charge in [-0.1, -0.05) is 6.07 Å². The maximum atomic E-state index is 14.2. The number of nitrogens with one attached hydrogen (secondary N) is 1. The lowest BCUT2D eigenvalue weighted by Gasteiger charge is -2.32. The fourth-order valence-electron chi connectivity index (χ4n) is 2.97. The molecule has 2 amide bonds. The molecule has 0 unspecified atom stereocenters. The Kier molecular flexibility index (Phi) is 7.23. The number of methoxy groups -OCH3 is 1. The van der Waals surface area contributed by atoms with Gasteiger partial charge in [0.1, 0.15) is 5.82 Å². The highest BCUT2D eigenvalue weighted by atomic mass is 32.1. The number of thiocarbonyl (C=S) groups is 1. The van der Waals surface area contributed by atoms with Crippen molar-refractivity contribution in [1.29, 1.82) is 0 Å². The standard InChI is InChI=1S/C18H23FN4O3S/c1-11(20)21-17(27)22-18(25)23-7-5-12(6-8-23)9-13-3-4-14(10-15(13)19)16(24)26-2/h3-4,10,12H,5-9H2,1-2H3,(H3,20,21,22,25,27). The van der Waals surface area contributed by atoms with Crippen LogP contribution in [-0.4, -0.2) is 48.0 Å². The summed E-state index contributed by atoms with van der Waals surface area (Å²) in [6.07, 6.45) is 2.05. The lowest BCUT2D eigenvalue weighted by atomic mass is 9.90. The summed E-state index contributed by atoms with van der Waals surface area (Å²) >= 11 is 4.94. The van der Waals surface area contributed by atoms with Gasteiger partial charge in [0.15, 0.2) is 0 Å². The summed E-state index contributed by atoms with van der Waals surface area (Å²) in [5.41, 5.74) is 6.17. The first-order chi connectivity index (χ1) is 12.8. The zero-order valence-electron chi connectivity index (χ0n) is 15.3. The Morgan fingerprint density at radius 3 is 2.63 bits per heavy atom. The van der Waals surface area contributed by atoms with Gasteiger partial charge in [0.2, 0.25) is 5.11 Å². The highest BCUT2D eigenvalue weighted by Crippen LogP contribution is 2.23. The van der Waals surface area contributed by atoms with Crippen molar-refractivity contribution in [2.45, 2.75) is 26.2 Å². The van der Waals surface area contributed by atoms with Crippen molar-refractivity contribution in [3.05, 3.63) is 35.1 Å². The third-order valence-corrected chi connectivity index (χ3v) is 4.57. The lowest BCUT2D eigenvalue weighted by molar-refractivity contribution is 0.0600. The van der Waals surface area contributed by atoms with Crippen LogP contribution in [0.1, 0.15) is 35.7 Å². The minimum absolute atomic E-state index is 0.0369. The number of hydrogen-bond donors (Lipinski definition) is 2. The number of aliphatic imine (C=N–C) groups is 1. The number of amides is 2. The number of likely N-dealkylation sites (tertiary alicyclic amines) is 1. The molecule has 1 aliphatic heterocycles. The second-order valence-corrected chi connectivity index (χ2v) is 6.81. The van der Waals surface area contributed by atoms with Crippen LogP contribution in [-0.2, 0) is 11.2 Å². The van der Waals surface area contributed by atoms with Crippen LogP contribution in [0.3, 0.4) is 0 Å². The predicted octanol–water partition coefficient (Wildman–Crippen LogP) is 2.24. The summed E-state index contributed by atoms with van der Waals surface area (Å²) in [6.45, 7) is 2.68. The summed E-state index contributed by atoms with van der Waals surface area (Å²) in [7, 11) is 1.26. The van der Waals surface area contributed by atoms with Crippen LogP contribution >= 0.6 is 12.2 Å². The third kappa shape index (κ3) is 5.99. The monoisotopic (exact) mass is 394 g/mol. The van der Waals surface area contributed by atoms with E-state index in [-0.39, 0.29) is 28.5 Å². The first kappa shape index (κ1) is 20.8. The average molecular weight is 394 g/mol. The summed E-state index contributed by atoms with van der Waals surface area (Å²) < 4.78 is 18.8. The zero-order valence-corrected chi connectivity index (χ0v) is 16.1. The van der Waals surface area contributed by atoms with Gasteiger partial charge in [-0.25, -0.2) is 19.0 Å². The molecule has 146 valence electrons. The maximum absolute atomic E-state index is 14.2. The van der Waals surface area contributed by atoms with Gasteiger partial charge >= 0.3 is 12.0 Å². The molecule has 1 saturated heterocycles. The first-order valence-electron chi connectivity index (χ1n) is 8.57. The van der Waals surface area contributed by atoms with E-state index in [0.29, 0.717) is 25.1 Å². The fourth-order valence-corrected chi connectivity index (χ4v) is 3.20. The van der Waals surface area contributed by atoms with Crippen molar-refractivity contribution >= 4 is 35.2 Å². The molecule has 0 aliphatic carbocycles. The van der Waals surface area contributed by atoms with E-state index in [2.05, 4.69) is 15.0 Å². The molecule has 1 fully saturated rings. The number of amidine groups is 1. The van der Waals surface area contributed by atoms with Crippen LogP contribution in [0, 0.1) is 11.7 Å². The van der Waals surface area contributed by atoms with Crippen molar-refractivity contribution in [3.63, 3.8) is 0 Å². The molecule has 3 N–H and O–H groups in total. The molecule has 1 aromatic carbocycles. The minimum Gasteiger partial charge on any atom is -0.465 e. The van der Waals surface area contributed by atoms with E-state index >= 15 is 0 Å². The van der Waals surface area contributed by atoms with Gasteiger partial charge in [-0.2, -0.15) is 0 Å². The van der Waals surface area contributed by atoms with E-state index in [1.54, 1.807) is 24.0 Å². The molecule has 1 aromatic rings. The Morgan fingerprint density at radius 2 is 2.07 bits per heavy atom. The zero-order chi connectivity index (χ0) is 20.0. The smallest absolute Gasteiger partial charge is 0.337 e. The number of urea groups is 1. The molecule has 2 rings (SSSR count). The van der Waals surface area contributed by atoms with Crippen molar-refractivity contribution in [3.8, 4) is 0 Å². The quantitative estimate of drug-likeness (QED) is 0.355. The molecule has 1 heterocycles. The van der Waals surface area contributed by atoms with Crippen LogP contribution in [0.5, 0.6) is 0 Å². The molecule has 7 nitrogen and oxygen atoms in total. The number of piperidine rings is 1. The second-order valence-electron chi connectivity index (χ2n) is 6.42. The summed E-state index contributed by atoms with van der Waals surface area (Å²) in [5.74, 6) is -0.451. The van der Waals surface area contributed by atoms with Gasteiger partial charge in [-0.3, -0.25) is 5.32 Å². The van der Waals surface area contributed by atoms with Gasteiger partial charge in [0.05, 0.1) is 18.5 Å². The van der Waals surface area contributed by atoms with Gasteiger partial charge < -0.3 is 15.4 Å². The Morgan fingerprint density at radius 1 is 1.41 bits per heavy atom. The van der Waals surface area contributed by atoms with Gasteiger partial charge in [-0.15, -0.1) is 0 Å². The lowest BCUT2D eigenvalue weighted by Crippen LogP contribution is -2.46. The number of nitrogens with two attached hydrogens (primary N) is 1. The van der Waals surface area contributed by atoms with Gasteiger partial charge in [-0.05, 0) is 62.0 Å². The van der Waals surface area contributed by atoms with Crippen LogP contribution in [0.2, 0.25) is 0 Å².